The van der Waals surface area contributed by atoms with Crippen molar-refractivity contribution < 1.29 is 28.4 Å². The van der Waals surface area contributed by atoms with Gasteiger partial charge in [0.2, 0.25) is 0 Å². The van der Waals surface area contributed by atoms with E-state index in [1.807, 2.05) is 48.6 Å². The van der Waals surface area contributed by atoms with E-state index in [-0.39, 0.29) is 5.56 Å². The van der Waals surface area contributed by atoms with E-state index in [1.54, 1.807) is 12.1 Å². The molecule has 0 radical (unpaired) electrons. The van der Waals surface area contributed by atoms with Crippen molar-refractivity contribution in [1.29, 1.82) is 0 Å². The van der Waals surface area contributed by atoms with Crippen molar-refractivity contribution in [3.63, 3.8) is 0 Å². The average molecular weight is 488 g/mol. The molecule has 11 heteroatoms. The third-order valence-corrected chi connectivity index (χ3v) is 5.19. The Morgan fingerprint density at radius 1 is 0.971 bits per heavy atom. The second-order valence-corrected chi connectivity index (χ2v) is 7.94. The van der Waals surface area contributed by atoms with Crippen LogP contribution in [0, 0.1) is 11.8 Å². The van der Waals surface area contributed by atoms with Crippen molar-refractivity contribution in [2.45, 2.75) is 24.9 Å². The number of anilines is 1. The molecule has 1 unspecified atom stereocenters. The van der Waals surface area contributed by atoms with Gasteiger partial charge < -0.3 is 20.9 Å². The van der Waals surface area contributed by atoms with Crippen LogP contribution < -0.4 is 26.3 Å². The van der Waals surface area contributed by atoms with Crippen LogP contribution in [-0.4, -0.2) is 62.2 Å². The minimum absolute atomic E-state index is 0.0539. The third-order valence-electron chi connectivity index (χ3n) is 5.19. The highest BCUT2D eigenvalue weighted by Gasteiger charge is 2.48. The number of amides is 4. The van der Waals surface area contributed by atoms with Crippen molar-refractivity contribution in [3.05, 3.63) is 65.2 Å². The number of carbonyl (C=O) groups excluding carboxylic acids is 3. The fraction of sp³-hybridized carbons (Fsp3) is 0.292. The first-order valence-corrected chi connectivity index (χ1v) is 10.4. The minimum Gasteiger partial charge on any atom is -0.378 e. The average Bonchev–Trinajstić information content (AvgIpc) is 2.85. The molecule has 0 saturated carbocycles. The molecule has 0 heterocycles. The number of rotatable bonds is 7. The van der Waals surface area contributed by atoms with E-state index in [2.05, 4.69) is 22.5 Å². The Labute approximate surface area is 201 Å². The molecule has 2 rings (SSSR count). The molecule has 2 aromatic carbocycles. The van der Waals surface area contributed by atoms with Crippen LogP contribution in [0.5, 0.6) is 0 Å². The molecule has 0 aromatic heterocycles. The normalized spacial score (nSPS) is 12.9. The van der Waals surface area contributed by atoms with Gasteiger partial charge in [-0.05, 0) is 55.5 Å². The van der Waals surface area contributed by atoms with E-state index >= 15 is 0 Å². The Hall–Kier alpha value is -4.17. The maximum absolute atomic E-state index is 13.8. The minimum atomic E-state index is -3.27. The fourth-order valence-electron chi connectivity index (χ4n) is 3.02. The molecule has 35 heavy (non-hydrogen) atoms. The zero-order chi connectivity index (χ0) is 26.2. The lowest BCUT2D eigenvalue weighted by Crippen LogP contribution is -2.69. The molecule has 0 saturated heterocycles. The lowest BCUT2D eigenvalue weighted by Gasteiger charge is -2.36. The quantitative estimate of drug-likeness (QED) is 0.231. The molecule has 0 bridgehead atoms. The van der Waals surface area contributed by atoms with Crippen LogP contribution >= 0.6 is 0 Å². The standard InChI is InChI=1S/C24H27F2N5O4/c1-24(22(25)26,29-23(34)27-2)19(21(33)30-35)28-20(32)17-11-7-15(8-12-17)5-6-16-9-13-18(14-10-16)31(3)4/h7-14,19,22,35H,1-4H3,(H,28,32)(H,30,33)(H2,27,29,34)/t19-,24?/m1/s1. The van der Waals surface area contributed by atoms with Crippen LogP contribution in [0.1, 0.15) is 28.4 Å². The summed E-state index contributed by atoms with van der Waals surface area (Å²) in [5, 5.41) is 15.2. The second-order valence-electron chi connectivity index (χ2n) is 7.94. The number of carbonyl (C=O) groups is 3. The highest BCUT2D eigenvalue weighted by molar-refractivity contribution is 5.98. The molecule has 0 fully saturated rings. The number of benzene rings is 2. The largest absolute Gasteiger partial charge is 0.378 e. The molecule has 0 spiro atoms. The van der Waals surface area contributed by atoms with Gasteiger partial charge in [0.05, 0.1) is 0 Å². The third kappa shape index (κ3) is 6.91. The SMILES string of the molecule is CNC(=O)NC(C)(C(F)F)[C@H](NC(=O)c1ccc(C#Cc2ccc(N(C)C)cc2)cc1)C(=O)NO. The highest BCUT2D eigenvalue weighted by atomic mass is 19.3. The summed E-state index contributed by atoms with van der Waals surface area (Å²) in [4.78, 5) is 38.5. The molecule has 0 aliphatic heterocycles. The molecule has 9 nitrogen and oxygen atoms in total. The summed E-state index contributed by atoms with van der Waals surface area (Å²) < 4.78 is 27.7. The maximum Gasteiger partial charge on any atom is 0.315 e. The van der Waals surface area contributed by atoms with Gasteiger partial charge in [0.1, 0.15) is 11.6 Å². The number of nitrogens with one attached hydrogen (secondary N) is 4. The van der Waals surface area contributed by atoms with Gasteiger partial charge in [0, 0.05) is 43.5 Å². The van der Waals surface area contributed by atoms with Crippen molar-refractivity contribution in [3.8, 4) is 11.8 Å². The van der Waals surface area contributed by atoms with E-state index < -0.39 is 35.9 Å². The molecule has 2 atom stereocenters. The van der Waals surface area contributed by atoms with Crippen LogP contribution in [-0.2, 0) is 4.79 Å². The van der Waals surface area contributed by atoms with Gasteiger partial charge in [0.25, 0.3) is 18.2 Å². The summed E-state index contributed by atoms with van der Waals surface area (Å²) in [6, 6.07) is 10.6. The summed E-state index contributed by atoms with van der Waals surface area (Å²) in [7, 11) is 5.07. The number of alkyl halides is 2. The Bertz CT molecular complexity index is 1110. The zero-order valence-corrected chi connectivity index (χ0v) is 19.6. The summed E-state index contributed by atoms with van der Waals surface area (Å²) in [6.07, 6.45) is -3.27. The molecule has 4 amide bonds. The van der Waals surface area contributed by atoms with E-state index in [0.29, 0.717) is 5.56 Å². The molecule has 0 aliphatic rings. The van der Waals surface area contributed by atoms with Crippen LogP contribution in [0.4, 0.5) is 19.3 Å². The number of hydrogen-bond donors (Lipinski definition) is 5. The maximum atomic E-state index is 13.8. The summed E-state index contributed by atoms with van der Waals surface area (Å²) in [6.45, 7) is 0.872. The fourth-order valence-corrected chi connectivity index (χ4v) is 3.02. The van der Waals surface area contributed by atoms with E-state index in [0.717, 1.165) is 18.2 Å². The van der Waals surface area contributed by atoms with Crippen molar-refractivity contribution in [2.24, 2.45) is 0 Å². The topological polar surface area (TPSA) is 123 Å². The molecule has 186 valence electrons. The summed E-state index contributed by atoms with van der Waals surface area (Å²) >= 11 is 0. The Morgan fingerprint density at radius 3 is 1.91 bits per heavy atom. The van der Waals surface area contributed by atoms with Gasteiger partial charge in [-0.3, -0.25) is 14.8 Å². The lowest BCUT2D eigenvalue weighted by molar-refractivity contribution is -0.135. The number of hydrogen-bond acceptors (Lipinski definition) is 5. The molecule has 2 aromatic rings. The first kappa shape index (κ1) is 27.1. The monoisotopic (exact) mass is 487 g/mol. The molecular formula is C24H27F2N5O4. The first-order chi connectivity index (χ1) is 16.5. The van der Waals surface area contributed by atoms with Crippen molar-refractivity contribution >= 4 is 23.5 Å². The van der Waals surface area contributed by atoms with Gasteiger partial charge in [-0.1, -0.05) is 11.8 Å². The molecular weight excluding hydrogens is 460 g/mol. The van der Waals surface area contributed by atoms with E-state index in [4.69, 9.17) is 5.21 Å². The van der Waals surface area contributed by atoms with Gasteiger partial charge >= 0.3 is 6.03 Å². The molecule has 5 N–H and O–H groups in total. The van der Waals surface area contributed by atoms with E-state index in [9.17, 15) is 23.2 Å². The molecule has 0 aliphatic carbocycles. The van der Waals surface area contributed by atoms with Crippen LogP contribution in [0.15, 0.2) is 48.5 Å². The Kier molecular flexibility index (Phi) is 9.13. The summed E-state index contributed by atoms with van der Waals surface area (Å²) in [5.74, 6) is 3.77. The van der Waals surface area contributed by atoms with Crippen molar-refractivity contribution in [1.82, 2.24) is 21.4 Å². The number of hydroxylamine groups is 1. The number of urea groups is 1. The van der Waals surface area contributed by atoms with Gasteiger partial charge in [-0.15, -0.1) is 0 Å². The van der Waals surface area contributed by atoms with Crippen molar-refractivity contribution in [2.75, 3.05) is 26.0 Å². The van der Waals surface area contributed by atoms with E-state index in [1.165, 1.54) is 24.7 Å². The summed E-state index contributed by atoms with van der Waals surface area (Å²) in [5.41, 5.74) is 1.20. The van der Waals surface area contributed by atoms with Gasteiger partial charge in [0.15, 0.2) is 0 Å². The zero-order valence-electron chi connectivity index (χ0n) is 19.6. The second kappa shape index (κ2) is 11.8. The Balaban J connectivity index is 2.21. The predicted molar refractivity (Wildman–Crippen MR) is 126 cm³/mol. The smallest absolute Gasteiger partial charge is 0.315 e. The number of halogens is 2. The lowest BCUT2D eigenvalue weighted by atomic mass is 9.91. The number of nitrogens with zero attached hydrogens (tertiary/aromatic N) is 1. The van der Waals surface area contributed by atoms with Crippen LogP contribution in [0.25, 0.3) is 0 Å². The highest BCUT2D eigenvalue weighted by Crippen LogP contribution is 2.21. The van der Waals surface area contributed by atoms with Crippen LogP contribution in [0.3, 0.4) is 0 Å². The predicted octanol–water partition coefficient (Wildman–Crippen LogP) is 1.71. The van der Waals surface area contributed by atoms with Gasteiger partial charge in [-0.2, -0.15) is 0 Å². The van der Waals surface area contributed by atoms with Crippen LogP contribution in [0.2, 0.25) is 0 Å². The first-order valence-electron chi connectivity index (χ1n) is 10.4. The van der Waals surface area contributed by atoms with Gasteiger partial charge in [-0.25, -0.2) is 19.1 Å². The Morgan fingerprint density at radius 2 is 1.49 bits per heavy atom.